The van der Waals surface area contributed by atoms with Crippen LogP contribution in [0.25, 0.3) is 0 Å². The molecule has 1 unspecified atom stereocenters. The second kappa shape index (κ2) is 6.35. The Hall–Kier alpha value is -1.42. The predicted octanol–water partition coefficient (Wildman–Crippen LogP) is 5.60. The van der Waals surface area contributed by atoms with Crippen LogP contribution in [0.5, 0.6) is 0 Å². The van der Waals surface area contributed by atoms with E-state index in [-0.39, 0.29) is 10.5 Å². The standard InChI is InChI=1S/C16H16BrF2N/c1-3-15(11-6-4-10(2)5-7-11)20-16-8-12(17)13(18)9-14(16)19/h4-9,15,20H,3H2,1-2H3. The lowest BCUT2D eigenvalue weighted by Gasteiger charge is -2.19. The maximum Gasteiger partial charge on any atom is 0.149 e. The molecule has 0 amide bonds. The Morgan fingerprint density at radius 1 is 1.10 bits per heavy atom. The maximum atomic E-state index is 13.8. The first kappa shape index (κ1) is 15.0. The molecule has 0 radical (unpaired) electrons. The lowest BCUT2D eigenvalue weighted by molar-refractivity contribution is 0.578. The van der Waals surface area contributed by atoms with Crippen molar-refractivity contribution in [3.05, 3.63) is 63.6 Å². The Morgan fingerprint density at radius 3 is 2.35 bits per heavy atom. The molecule has 0 aliphatic rings. The van der Waals surface area contributed by atoms with Crippen molar-refractivity contribution in [2.45, 2.75) is 26.3 Å². The summed E-state index contributed by atoms with van der Waals surface area (Å²) in [5.74, 6) is -1.19. The van der Waals surface area contributed by atoms with Crippen molar-refractivity contribution in [2.24, 2.45) is 0 Å². The summed E-state index contributed by atoms with van der Waals surface area (Å²) in [6, 6.07) is 10.4. The highest BCUT2D eigenvalue weighted by Crippen LogP contribution is 2.28. The molecular weight excluding hydrogens is 324 g/mol. The van der Waals surface area contributed by atoms with E-state index >= 15 is 0 Å². The van der Waals surface area contributed by atoms with E-state index in [9.17, 15) is 8.78 Å². The average Bonchev–Trinajstić information content (AvgIpc) is 2.42. The van der Waals surface area contributed by atoms with Gasteiger partial charge < -0.3 is 5.32 Å². The molecule has 2 aromatic carbocycles. The van der Waals surface area contributed by atoms with E-state index in [4.69, 9.17) is 0 Å². The number of nitrogens with one attached hydrogen (secondary N) is 1. The van der Waals surface area contributed by atoms with Crippen molar-refractivity contribution >= 4 is 21.6 Å². The van der Waals surface area contributed by atoms with Gasteiger partial charge in [-0.25, -0.2) is 8.78 Å². The van der Waals surface area contributed by atoms with Gasteiger partial charge in [-0.2, -0.15) is 0 Å². The van der Waals surface area contributed by atoms with Crippen LogP contribution in [0.1, 0.15) is 30.5 Å². The van der Waals surface area contributed by atoms with Crippen molar-refractivity contribution < 1.29 is 8.78 Å². The number of hydrogen-bond donors (Lipinski definition) is 1. The minimum atomic E-state index is -0.601. The summed E-state index contributed by atoms with van der Waals surface area (Å²) in [6.45, 7) is 4.04. The quantitative estimate of drug-likeness (QED) is 0.715. The molecule has 1 nitrogen and oxygen atoms in total. The van der Waals surface area contributed by atoms with Crippen molar-refractivity contribution in [2.75, 3.05) is 5.32 Å². The van der Waals surface area contributed by atoms with Gasteiger partial charge in [0.25, 0.3) is 0 Å². The van der Waals surface area contributed by atoms with Gasteiger partial charge in [0, 0.05) is 6.07 Å². The molecule has 0 saturated heterocycles. The molecule has 0 aliphatic heterocycles. The number of rotatable bonds is 4. The van der Waals surface area contributed by atoms with E-state index in [0.717, 1.165) is 18.1 Å². The molecule has 1 N–H and O–H groups in total. The van der Waals surface area contributed by atoms with Crippen LogP contribution in [-0.4, -0.2) is 0 Å². The third kappa shape index (κ3) is 3.37. The summed E-state index contributed by atoms with van der Waals surface area (Å²) in [6.07, 6.45) is 0.803. The normalized spacial score (nSPS) is 12.2. The van der Waals surface area contributed by atoms with E-state index in [0.29, 0.717) is 5.69 Å². The number of aryl methyl sites for hydroxylation is 1. The fourth-order valence-electron chi connectivity index (χ4n) is 2.04. The van der Waals surface area contributed by atoms with E-state index in [1.54, 1.807) is 0 Å². The lowest BCUT2D eigenvalue weighted by Crippen LogP contribution is -2.11. The molecule has 0 spiro atoms. The summed E-state index contributed by atoms with van der Waals surface area (Å²) in [7, 11) is 0. The summed E-state index contributed by atoms with van der Waals surface area (Å²) < 4.78 is 27.3. The summed E-state index contributed by atoms with van der Waals surface area (Å²) >= 11 is 3.08. The molecule has 0 fully saturated rings. The minimum Gasteiger partial charge on any atom is -0.376 e. The molecule has 0 bridgehead atoms. The topological polar surface area (TPSA) is 12.0 Å². The van der Waals surface area contributed by atoms with Gasteiger partial charge in [-0.3, -0.25) is 0 Å². The van der Waals surface area contributed by atoms with E-state index in [1.807, 2.05) is 38.1 Å². The van der Waals surface area contributed by atoms with Crippen LogP contribution in [0.15, 0.2) is 40.9 Å². The van der Waals surface area contributed by atoms with Gasteiger partial charge in [-0.1, -0.05) is 36.8 Å². The molecule has 1 atom stereocenters. The number of anilines is 1. The molecule has 0 heterocycles. The number of benzene rings is 2. The molecule has 2 aromatic rings. The first-order valence-electron chi connectivity index (χ1n) is 6.49. The Bertz CT molecular complexity index is 596. The molecular formula is C16H16BrF2N. The smallest absolute Gasteiger partial charge is 0.149 e. The van der Waals surface area contributed by atoms with Crippen molar-refractivity contribution in [1.82, 2.24) is 0 Å². The number of halogens is 3. The Labute approximate surface area is 126 Å². The van der Waals surface area contributed by atoms with Gasteiger partial charge in [0.05, 0.1) is 16.2 Å². The van der Waals surface area contributed by atoms with E-state index in [1.165, 1.54) is 11.6 Å². The molecule has 0 saturated carbocycles. The van der Waals surface area contributed by atoms with Crippen LogP contribution < -0.4 is 5.32 Å². The second-order valence-electron chi connectivity index (χ2n) is 4.76. The Kier molecular flexibility index (Phi) is 4.76. The Balaban J connectivity index is 2.26. The van der Waals surface area contributed by atoms with E-state index < -0.39 is 11.6 Å². The van der Waals surface area contributed by atoms with Gasteiger partial charge in [-0.15, -0.1) is 0 Å². The maximum absolute atomic E-state index is 13.8. The minimum absolute atomic E-state index is 0.0116. The number of hydrogen-bond acceptors (Lipinski definition) is 1. The zero-order valence-electron chi connectivity index (χ0n) is 11.4. The largest absolute Gasteiger partial charge is 0.376 e. The third-order valence-electron chi connectivity index (χ3n) is 3.23. The first-order chi connectivity index (χ1) is 9.51. The zero-order valence-corrected chi connectivity index (χ0v) is 13.0. The molecule has 2 rings (SSSR count). The van der Waals surface area contributed by atoms with Crippen LogP contribution in [0, 0.1) is 18.6 Å². The van der Waals surface area contributed by atoms with Crippen LogP contribution in [-0.2, 0) is 0 Å². The highest BCUT2D eigenvalue weighted by molar-refractivity contribution is 9.10. The van der Waals surface area contributed by atoms with Crippen LogP contribution >= 0.6 is 15.9 Å². The second-order valence-corrected chi connectivity index (χ2v) is 5.62. The van der Waals surface area contributed by atoms with Gasteiger partial charge in [0.2, 0.25) is 0 Å². The summed E-state index contributed by atoms with van der Waals surface area (Å²) in [5, 5.41) is 3.13. The fourth-order valence-corrected chi connectivity index (χ4v) is 2.38. The van der Waals surface area contributed by atoms with Crippen LogP contribution in [0.4, 0.5) is 14.5 Å². The summed E-state index contributed by atoms with van der Waals surface area (Å²) in [5.41, 5.74) is 2.56. The predicted molar refractivity (Wildman–Crippen MR) is 81.9 cm³/mol. The summed E-state index contributed by atoms with van der Waals surface area (Å²) in [4.78, 5) is 0. The third-order valence-corrected chi connectivity index (χ3v) is 3.84. The van der Waals surface area contributed by atoms with Gasteiger partial charge >= 0.3 is 0 Å². The molecule has 0 aromatic heterocycles. The lowest BCUT2D eigenvalue weighted by atomic mass is 10.0. The SMILES string of the molecule is CCC(Nc1cc(Br)c(F)cc1F)c1ccc(C)cc1. The average molecular weight is 340 g/mol. The van der Waals surface area contributed by atoms with Gasteiger partial charge in [-0.05, 0) is 40.9 Å². The zero-order chi connectivity index (χ0) is 14.7. The fraction of sp³-hybridized carbons (Fsp3) is 0.250. The molecule has 20 heavy (non-hydrogen) atoms. The molecule has 106 valence electrons. The van der Waals surface area contributed by atoms with Crippen molar-refractivity contribution in [3.8, 4) is 0 Å². The Morgan fingerprint density at radius 2 is 1.75 bits per heavy atom. The monoisotopic (exact) mass is 339 g/mol. The molecule has 4 heteroatoms. The highest BCUT2D eigenvalue weighted by atomic mass is 79.9. The van der Waals surface area contributed by atoms with Crippen molar-refractivity contribution in [3.63, 3.8) is 0 Å². The van der Waals surface area contributed by atoms with Gasteiger partial charge in [0.15, 0.2) is 0 Å². The first-order valence-corrected chi connectivity index (χ1v) is 7.28. The van der Waals surface area contributed by atoms with E-state index in [2.05, 4.69) is 21.2 Å². The van der Waals surface area contributed by atoms with Gasteiger partial charge in [0.1, 0.15) is 11.6 Å². The van der Waals surface area contributed by atoms with Crippen LogP contribution in [0.2, 0.25) is 0 Å². The highest BCUT2D eigenvalue weighted by Gasteiger charge is 2.13. The van der Waals surface area contributed by atoms with Crippen molar-refractivity contribution in [1.29, 1.82) is 0 Å². The van der Waals surface area contributed by atoms with Crippen LogP contribution in [0.3, 0.4) is 0 Å². The molecule has 0 aliphatic carbocycles.